The van der Waals surface area contributed by atoms with E-state index in [4.69, 9.17) is 14.2 Å². The van der Waals surface area contributed by atoms with E-state index in [0.717, 1.165) is 11.1 Å². The largest absolute Gasteiger partial charge is 0.493 e. The van der Waals surface area contributed by atoms with E-state index in [1.807, 2.05) is 12.1 Å². The molecule has 2 amide bonds. The van der Waals surface area contributed by atoms with Gasteiger partial charge in [0.05, 0.1) is 20.8 Å². The first-order chi connectivity index (χ1) is 16.1. The van der Waals surface area contributed by atoms with Gasteiger partial charge >= 0.3 is 6.09 Å². The van der Waals surface area contributed by atoms with Gasteiger partial charge in [0, 0.05) is 23.6 Å². The quantitative estimate of drug-likeness (QED) is 0.592. The van der Waals surface area contributed by atoms with Crippen LogP contribution in [-0.2, 0) is 11.3 Å². The van der Waals surface area contributed by atoms with Gasteiger partial charge < -0.3 is 19.5 Å². The van der Waals surface area contributed by atoms with Gasteiger partial charge in [-0.1, -0.05) is 12.1 Å². The molecule has 0 bridgehead atoms. The maximum absolute atomic E-state index is 12.3. The Kier molecular flexibility index (Phi) is 6.44. The highest BCUT2D eigenvalue weighted by molar-refractivity contribution is 6.04. The molecule has 0 unspecified atom stereocenters. The summed E-state index contributed by atoms with van der Waals surface area (Å²) >= 11 is 0. The Hall–Kier alpha value is -4.47. The zero-order valence-electron chi connectivity index (χ0n) is 18.0. The van der Waals surface area contributed by atoms with Crippen LogP contribution in [0.5, 0.6) is 11.5 Å². The summed E-state index contributed by atoms with van der Waals surface area (Å²) in [5.74, 6) is 0.767. The number of ether oxygens (including phenoxy) is 3. The normalized spacial score (nSPS) is 13.1. The first-order valence-electron chi connectivity index (χ1n) is 9.99. The van der Waals surface area contributed by atoms with E-state index in [2.05, 4.69) is 20.4 Å². The Balaban J connectivity index is 1.51. The van der Waals surface area contributed by atoms with E-state index in [9.17, 15) is 9.59 Å². The first kappa shape index (κ1) is 21.8. The number of aromatic nitrogens is 2. The van der Waals surface area contributed by atoms with Crippen LogP contribution in [0.25, 0.3) is 0 Å². The number of carbonyl (C=O) groups is 2. The zero-order chi connectivity index (χ0) is 23.2. The van der Waals surface area contributed by atoms with Crippen LogP contribution < -0.4 is 14.8 Å². The average molecular weight is 447 g/mol. The molecule has 33 heavy (non-hydrogen) atoms. The molecular weight excluding hydrogens is 426 g/mol. The molecule has 2 heterocycles. The van der Waals surface area contributed by atoms with Gasteiger partial charge in [0.2, 0.25) is 5.82 Å². The van der Waals surface area contributed by atoms with Gasteiger partial charge in [-0.15, -0.1) is 0 Å². The fourth-order valence-electron chi connectivity index (χ4n) is 3.20. The highest BCUT2D eigenvalue weighted by atomic mass is 16.6. The lowest BCUT2D eigenvalue weighted by Gasteiger charge is -2.24. The van der Waals surface area contributed by atoms with Crippen molar-refractivity contribution in [2.24, 2.45) is 5.10 Å². The third-order valence-corrected chi connectivity index (χ3v) is 4.79. The lowest BCUT2D eigenvalue weighted by molar-refractivity contribution is 0.101. The minimum absolute atomic E-state index is 0.0397. The number of carbonyl (C=O) groups excluding carboxylic acids is 2. The summed E-state index contributed by atoms with van der Waals surface area (Å²) < 4.78 is 15.9. The van der Waals surface area contributed by atoms with Gasteiger partial charge in [0.1, 0.15) is 12.3 Å². The molecule has 4 rings (SSSR count). The average Bonchev–Trinajstić information content (AvgIpc) is 2.85. The van der Waals surface area contributed by atoms with E-state index < -0.39 is 12.0 Å². The lowest BCUT2D eigenvalue weighted by Crippen LogP contribution is -2.35. The van der Waals surface area contributed by atoms with Gasteiger partial charge in [-0.25, -0.2) is 14.8 Å². The van der Waals surface area contributed by atoms with Crippen LogP contribution in [0.3, 0.4) is 0 Å². The van der Waals surface area contributed by atoms with E-state index in [1.165, 1.54) is 17.4 Å². The molecule has 0 spiro atoms. The zero-order valence-corrected chi connectivity index (χ0v) is 18.0. The molecule has 0 saturated carbocycles. The first-order valence-corrected chi connectivity index (χ1v) is 9.99. The number of rotatable bonds is 7. The molecule has 0 saturated heterocycles. The summed E-state index contributed by atoms with van der Waals surface area (Å²) in [5.41, 5.74) is 2.60. The fourth-order valence-corrected chi connectivity index (χ4v) is 3.20. The second-order valence-electron chi connectivity index (χ2n) is 6.96. The van der Waals surface area contributed by atoms with Gasteiger partial charge in [0.15, 0.2) is 11.5 Å². The summed E-state index contributed by atoms with van der Waals surface area (Å²) in [5, 5.41) is 8.45. The number of nitrogens with one attached hydrogen (secondary N) is 1. The molecule has 1 aromatic heterocycles. The molecule has 168 valence electrons. The smallest absolute Gasteiger partial charge is 0.431 e. The second kappa shape index (κ2) is 9.77. The number of hydrogen-bond donors (Lipinski definition) is 1. The second-order valence-corrected chi connectivity index (χ2v) is 6.96. The van der Waals surface area contributed by atoms with Crippen molar-refractivity contribution < 1.29 is 23.8 Å². The molecule has 1 aliphatic rings. The fraction of sp³-hybridized carbons (Fsp3) is 0.174. The van der Waals surface area contributed by atoms with Crippen LogP contribution in [0.1, 0.15) is 21.7 Å². The number of methoxy groups -OCH3 is 2. The van der Waals surface area contributed by atoms with Gasteiger partial charge in [0.25, 0.3) is 5.91 Å². The molecule has 10 nitrogen and oxygen atoms in total. The number of anilines is 1. The van der Waals surface area contributed by atoms with E-state index in [-0.39, 0.29) is 19.0 Å². The van der Waals surface area contributed by atoms with Crippen molar-refractivity contribution in [2.45, 2.75) is 6.54 Å². The van der Waals surface area contributed by atoms with Crippen molar-refractivity contribution in [1.82, 2.24) is 15.0 Å². The molecule has 0 radical (unpaired) electrons. The Morgan fingerprint density at radius 3 is 2.61 bits per heavy atom. The maximum atomic E-state index is 12.3. The molecular formula is C23H21N5O5. The van der Waals surface area contributed by atoms with Crippen LogP contribution in [0.4, 0.5) is 10.5 Å². The van der Waals surface area contributed by atoms with Crippen molar-refractivity contribution in [1.29, 1.82) is 0 Å². The number of cyclic esters (lactones) is 1. The lowest BCUT2D eigenvalue weighted by atomic mass is 10.1. The van der Waals surface area contributed by atoms with Crippen molar-refractivity contribution in [2.75, 3.05) is 26.1 Å². The monoisotopic (exact) mass is 447 g/mol. The van der Waals surface area contributed by atoms with E-state index in [0.29, 0.717) is 22.9 Å². The van der Waals surface area contributed by atoms with Gasteiger partial charge in [-0.3, -0.25) is 4.79 Å². The SMILES string of the molecule is COc1ccc(C2=NN(Cc3cccc(NC(=O)c4ncccn4)c3)C(=O)OC2)cc1OC. The molecule has 0 aliphatic carbocycles. The molecule has 1 N–H and O–H groups in total. The maximum Gasteiger partial charge on any atom is 0.431 e. The minimum Gasteiger partial charge on any atom is -0.493 e. The summed E-state index contributed by atoms with van der Waals surface area (Å²) in [7, 11) is 3.11. The van der Waals surface area contributed by atoms with E-state index in [1.54, 1.807) is 50.6 Å². The van der Waals surface area contributed by atoms with Crippen LogP contribution in [0, 0.1) is 0 Å². The molecule has 3 aromatic rings. The predicted molar refractivity (Wildman–Crippen MR) is 119 cm³/mol. The van der Waals surface area contributed by atoms with Crippen molar-refractivity contribution >= 4 is 23.4 Å². The minimum atomic E-state index is -0.564. The standard InChI is InChI=1S/C23H21N5O5/c1-31-19-8-7-16(12-20(19)32-2)18-14-33-23(30)28(27-18)13-15-5-3-6-17(11-15)26-22(29)21-24-9-4-10-25-21/h3-12H,13-14H2,1-2H3,(H,26,29). The summed E-state index contributed by atoms with van der Waals surface area (Å²) in [4.78, 5) is 32.5. The Bertz CT molecular complexity index is 1200. The van der Waals surface area contributed by atoms with Crippen molar-refractivity contribution in [3.8, 4) is 11.5 Å². The van der Waals surface area contributed by atoms with Gasteiger partial charge in [-0.2, -0.15) is 10.1 Å². The Morgan fingerprint density at radius 1 is 1.06 bits per heavy atom. The third kappa shape index (κ3) is 5.06. The van der Waals surface area contributed by atoms with Gasteiger partial charge in [-0.05, 0) is 42.0 Å². The van der Waals surface area contributed by atoms with Crippen molar-refractivity contribution in [3.63, 3.8) is 0 Å². The van der Waals surface area contributed by atoms with Crippen LogP contribution in [-0.4, -0.2) is 53.5 Å². The summed E-state index contributed by atoms with van der Waals surface area (Å²) in [6, 6.07) is 14.1. The number of hydrazone groups is 1. The molecule has 1 aliphatic heterocycles. The Labute approximate surface area is 189 Å². The number of amides is 2. The number of hydrogen-bond acceptors (Lipinski definition) is 8. The molecule has 10 heteroatoms. The predicted octanol–water partition coefficient (Wildman–Crippen LogP) is 3.10. The molecule has 2 aromatic carbocycles. The molecule has 0 fully saturated rings. The highest BCUT2D eigenvalue weighted by Gasteiger charge is 2.24. The highest BCUT2D eigenvalue weighted by Crippen LogP contribution is 2.28. The van der Waals surface area contributed by atoms with E-state index >= 15 is 0 Å². The van der Waals surface area contributed by atoms with Crippen molar-refractivity contribution in [3.05, 3.63) is 77.9 Å². The Morgan fingerprint density at radius 2 is 1.85 bits per heavy atom. The summed E-state index contributed by atoms with van der Waals surface area (Å²) in [6.45, 7) is 0.194. The number of benzene rings is 2. The van der Waals surface area contributed by atoms with Crippen LogP contribution in [0.15, 0.2) is 66.0 Å². The number of nitrogens with zero attached hydrogens (tertiary/aromatic N) is 4. The van der Waals surface area contributed by atoms with Crippen LogP contribution in [0.2, 0.25) is 0 Å². The molecule has 0 atom stereocenters. The topological polar surface area (TPSA) is 115 Å². The van der Waals surface area contributed by atoms with Crippen LogP contribution >= 0.6 is 0 Å². The third-order valence-electron chi connectivity index (χ3n) is 4.79. The summed E-state index contributed by atoms with van der Waals surface area (Å²) in [6.07, 6.45) is 2.43.